The number of methoxy groups -OCH3 is 2. The second-order valence-corrected chi connectivity index (χ2v) is 6.92. The van der Waals surface area contributed by atoms with E-state index in [1.807, 2.05) is 0 Å². The Morgan fingerprint density at radius 2 is 1.97 bits per heavy atom. The van der Waals surface area contributed by atoms with Crippen molar-refractivity contribution in [3.63, 3.8) is 0 Å². The van der Waals surface area contributed by atoms with E-state index in [-0.39, 0.29) is 34.4 Å². The number of amides is 1. The van der Waals surface area contributed by atoms with Crippen LogP contribution in [0.25, 0.3) is 22.0 Å². The van der Waals surface area contributed by atoms with Crippen LogP contribution in [0.2, 0.25) is 0 Å². The van der Waals surface area contributed by atoms with Gasteiger partial charge in [-0.2, -0.15) is 0 Å². The lowest BCUT2D eigenvalue weighted by Gasteiger charge is -2.26. The molecule has 8 heteroatoms. The number of aromatic nitrogens is 2. The molecular formula is C21H21FN4O3. The van der Waals surface area contributed by atoms with Gasteiger partial charge >= 0.3 is 0 Å². The molecule has 1 fully saturated rings. The molecule has 1 saturated carbocycles. The fourth-order valence-corrected chi connectivity index (χ4v) is 3.48. The van der Waals surface area contributed by atoms with Crippen LogP contribution in [0.5, 0.6) is 11.5 Å². The van der Waals surface area contributed by atoms with E-state index in [9.17, 15) is 9.18 Å². The minimum absolute atomic E-state index is 0.0413. The van der Waals surface area contributed by atoms with Crippen molar-refractivity contribution < 1.29 is 18.7 Å². The monoisotopic (exact) mass is 396 g/mol. The average Bonchev–Trinajstić information content (AvgIpc) is 2.70. The van der Waals surface area contributed by atoms with Crippen molar-refractivity contribution in [1.29, 1.82) is 0 Å². The van der Waals surface area contributed by atoms with Gasteiger partial charge in [0, 0.05) is 22.6 Å². The number of nitrogens with two attached hydrogens (primary N) is 1. The molecule has 150 valence electrons. The van der Waals surface area contributed by atoms with E-state index in [4.69, 9.17) is 15.2 Å². The maximum absolute atomic E-state index is 14.9. The van der Waals surface area contributed by atoms with Crippen molar-refractivity contribution in [3.05, 3.63) is 41.8 Å². The Morgan fingerprint density at radius 1 is 1.17 bits per heavy atom. The van der Waals surface area contributed by atoms with Crippen LogP contribution in [0, 0.1) is 5.82 Å². The number of nitrogen functional groups attached to an aromatic ring is 1. The van der Waals surface area contributed by atoms with Gasteiger partial charge in [-0.05, 0) is 37.5 Å². The molecule has 1 amide bonds. The Hall–Kier alpha value is -3.42. The van der Waals surface area contributed by atoms with Gasteiger partial charge in [0.25, 0.3) is 5.91 Å². The number of para-hydroxylation sites is 1. The number of nitrogens with zero attached hydrogens (tertiary/aromatic N) is 2. The number of nitrogens with one attached hydrogen (secondary N) is 1. The van der Waals surface area contributed by atoms with Gasteiger partial charge in [-0.15, -0.1) is 10.2 Å². The lowest BCUT2D eigenvalue weighted by atomic mass is 9.93. The Morgan fingerprint density at radius 3 is 2.62 bits per heavy atom. The topological polar surface area (TPSA) is 99.4 Å². The molecule has 0 unspecified atom stereocenters. The van der Waals surface area contributed by atoms with Gasteiger partial charge in [0.15, 0.2) is 17.2 Å². The molecule has 1 aliphatic rings. The van der Waals surface area contributed by atoms with Crippen molar-refractivity contribution in [2.45, 2.75) is 25.3 Å². The third kappa shape index (κ3) is 3.20. The average molecular weight is 396 g/mol. The van der Waals surface area contributed by atoms with E-state index in [1.165, 1.54) is 26.4 Å². The van der Waals surface area contributed by atoms with E-state index >= 15 is 0 Å². The third-order valence-electron chi connectivity index (χ3n) is 5.25. The second kappa shape index (κ2) is 7.54. The number of carbonyl (C=O) groups is 1. The third-order valence-corrected chi connectivity index (χ3v) is 5.25. The Kier molecular flexibility index (Phi) is 4.92. The van der Waals surface area contributed by atoms with Crippen molar-refractivity contribution in [1.82, 2.24) is 15.5 Å². The van der Waals surface area contributed by atoms with Crippen LogP contribution < -0.4 is 20.5 Å². The molecule has 0 spiro atoms. The van der Waals surface area contributed by atoms with Crippen molar-refractivity contribution in [2.24, 2.45) is 0 Å². The van der Waals surface area contributed by atoms with E-state index in [0.29, 0.717) is 22.4 Å². The molecule has 3 aromatic rings. The van der Waals surface area contributed by atoms with E-state index in [0.717, 1.165) is 19.3 Å². The normalized spacial score (nSPS) is 13.8. The zero-order valence-electron chi connectivity index (χ0n) is 16.2. The van der Waals surface area contributed by atoms with Gasteiger partial charge in [-0.3, -0.25) is 4.79 Å². The molecule has 0 bridgehead atoms. The van der Waals surface area contributed by atoms with Crippen LogP contribution in [-0.4, -0.2) is 36.4 Å². The first-order chi connectivity index (χ1) is 14.0. The molecular weight excluding hydrogens is 375 g/mol. The summed E-state index contributed by atoms with van der Waals surface area (Å²) in [6, 6.07) is 8.09. The summed E-state index contributed by atoms with van der Waals surface area (Å²) in [6.07, 6.45) is 2.98. The lowest BCUT2D eigenvalue weighted by Crippen LogP contribution is -2.40. The second-order valence-electron chi connectivity index (χ2n) is 6.92. The maximum atomic E-state index is 14.9. The fourth-order valence-electron chi connectivity index (χ4n) is 3.48. The van der Waals surface area contributed by atoms with Crippen LogP contribution in [-0.2, 0) is 0 Å². The lowest BCUT2D eigenvalue weighted by molar-refractivity contribution is 0.0912. The summed E-state index contributed by atoms with van der Waals surface area (Å²) in [7, 11) is 2.99. The number of anilines is 1. The Balaban J connectivity index is 1.87. The van der Waals surface area contributed by atoms with Gasteiger partial charge in [-0.1, -0.05) is 12.1 Å². The smallest absolute Gasteiger partial charge is 0.274 e. The maximum Gasteiger partial charge on any atom is 0.274 e. The quantitative estimate of drug-likeness (QED) is 0.686. The van der Waals surface area contributed by atoms with Gasteiger partial charge in [0.2, 0.25) is 0 Å². The first kappa shape index (κ1) is 18.9. The summed E-state index contributed by atoms with van der Waals surface area (Å²) < 4.78 is 25.7. The van der Waals surface area contributed by atoms with Crippen molar-refractivity contribution >= 4 is 22.5 Å². The van der Waals surface area contributed by atoms with Gasteiger partial charge in [0.1, 0.15) is 11.3 Å². The fraction of sp³-hybridized carbons (Fsp3) is 0.286. The molecule has 1 aliphatic carbocycles. The Labute approximate surface area is 167 Å². The summed E-state index contributed by atoms with van der Waals surface area (Å²) in [5.41, 5.74) is 7.32. The highest BCUT2D eigenvalue weighted by Gasteiger charge is 2.25. The zero-order valence-corrected chi connectivity index (χ0v) is 16.2. The minimum Gasteiger partial charge on any atom is -0.493 e. The standard InChI is InChI=1S/C21H21FN4O3/c1-28-15-8-4-7-12(20(15)29-2)16-14(22)10-9-13-17(23)19(26-25-18(13)16)21(27)24-11-5-3-6-11/h4,7-11H,3,5-6H2,1-2H3,(H2,23,25)(H,24,27). The number of ether oxygens (including phenoxy) is 2. The molecule has 0 saturated heterocycles. The van der Waals surface area contributed by atoms with E-state index < -0.39 is 5.82 Å². The van der Waals surface area contributed by atoms with Crippen LogP contribution in [0.3, 0.4) is 0 Å². The number of halogens is 1. The molecule has 0 atom stereocenters. The largest absolute Gasteiger partial charge is 0.493 e. The molecule has 0 radical (unpaired) electrons. The molecule has 7 nitrogen and oxygen atoms in total. The van der Waals surface area contributed by atoms with Crippen molar-refractivity contribution in [3.8, 4) is 22.6 Å². The number of fused-ring (bicyclic) bond motifs is 1. The molecule has 4 rings (SSSR count). The zero-order chi connectivity index (χ0) is 20.5. The molecule has 1 aromatic heterocycles. The van der Waals surface area contributed by atoms with Crippen LogP contribution in [0.1, 0.15) is 29.8 Å². The van der Waals surface area contributed by atoms with E-state index in [2.05, 4.69) is 15.5 Å². The SMILES string of the molecule is COc1cccc(-c2c(F)ccc3c(N)c(C(=O)NC4CCC4)nnc23)c1OC. The highest BCUT2D eigenvalue weighted by atomic mass is 19.1. The molecule has 3 N–H and O–H groups in total. The first-order valence-corrected chi connectivity index (χ1v) is 9.31. The number of hydrogen-bond donors (Lipinski definition) is 2. The number of hydrogen-bond acceptors (Lipinski definition) is 6. The number of benzene rings is 2. The predicted octanol–water partition coefficient (Wildman–Crippen LogP) is 3.32. The summed E-state index contributed by atoms with van der Waals surface area (Å²) in [6.45, 7) is 0. The van der Waals surface area contributed by atoms with Crippen LogP contribution in [0.4, 0.5) is 10.1 Å². The van der Waals surface area contributed by atoms with E-state index in [1.54, 1.807) is 18.2 Å². The summed E-state index contributed by atoms with van der Waals surface area (Å²) in [5.74, 6) is -0.0525. The summed E-state index contributed by atoms with van der Waals surface area (Å²) in [4.78, 5) is 12.5. The van der Waals surface area contributed by atoms with Crippen molar-refractivity contribution in [2.75, 3.05) is 20.0 Å². The molecule has 2 aromatic carbocycles. The van der Waals surface area contributed by atoms with Gasteiger partial charge in [-0.25, -0.2) is 4.39 Å². The van der Waals surface area contributed by atoms with Gasteiger partial charge < -0.3 is 20.5 Å². The molecule has 1 heterocycles. The van der Waals surface area contributed by atoms with Crippen LogP contribution >= 0.6 is 0 Å². The predicted molar refractivity (Wildman–Crippen MR) is 108 cm³/mol. The molecule has 29 heavy (non-hydrogen) atoms. The first-order valence-electron chi connectivity index (χ1n) is 9.31. The molecule has 0 aliphatic heterocycles. The van der Waals surface area contributed by atoms with Gasteiger partial charge in [0.05, 0.1) is 19.9 Å². The summed E-state index contributed by atoms with van der Waals surface area (Å²) in [5, 5.41) is 11.5. The number of carbonyl (C=O) groups excluding carboxylic acids is 1. The number of rotatable bonds is 5. The highest BCUT2D eigenvalue weighted by molar-refractivity contribution is 6.08. The summed E-state index contributed by atoms with van der Waals surface area (Å²) >= 11 is 0. The minimum atomic E-state index is -0.510. The highest BCUT2D eigenvalue weighted by Crippen LogP contribution is 2.42. The Bertz CT molecular complexity index is 1100. The van der Waals surface area contributed by atoms with Crippen LogP contribution in [0.15, 0.2) is 30.3 Å².